The summed E-state index contributed by atoms with van der Waals surface area (Å²) in [5.41, 5.74) is 2.86. The molecule has 0 aromatic heterocycles. The molecule has 1 heterocycles. The van der Waals surface area contributed by atoms with Crippen molar-refractivity contribution in [3.63, 3.8) is 0 Å². The van der Waals surface area contributed by atoms with Crippen LogP contribution in [0.3, 0.4) is 0 Å². The van der Waals surface area contributed by atoms with Crippen LogP contribution in [0.2, 0.25) is 0 Å². The van der Waals surface area contributed by atoms with E-state index in [9.17, 15) is 13.2 Å². The number of hydrogen-bond acceptors (Lipinski definition) is 4. The third-order valence-electron chi connectivity index (χ3n) is 5.00. The van der Waals surface area contributed by atoms with Crippen molar-refractivity contribution in [3.05, 3.63) is 65.2 Å². The number of nitrogens with two attached hydrogens (primary N) is 1. The SMILES string of the molecule is Cc1ccccc1C(=O)N1CCN(CCc2ccc(S(N)(=O)=O)cc2)CC1. The number of carbonyl (C=O) groups is 1. The summed E-state index contributed by atoms with van der Waals surface area (Å²) < 4.78 is 22.6. The van der Waals surface area contributed by atoms with Crippen molar-refractivity contribution in [2.45, 2.75) is 18.2 Å². The number of carbonyl (C=O) groups excluding carboxylic acids is 1. The molecular weight excluding hydrogens is 362 g/mol. The lowest BCUT2D eigenvalue weighted by Crippen LogP contribution is -2.49. The molecule has 2 aromatic carbocycles. The van der Waals surface area contributed by atoms with Crippen LogP contribution in [-0.2, 0) is 16.4 Å². The van der Waals surface area contributed by atoms with Crippen LogP contribution in [-0.4, -0.2) is 56.8 Å². The van der Waals surface area contributed by atoms with E-state index in [0.29, 0.717) is 0 Å². The summed E-state index contributed by atoms with van der Waals surface area (Å²) in [6, 6.07) is 14.4. The average molecular weight is 388 g/mol. The van der Waals surface area contributed by atoms with Gasteiger partial charge in [0, 0.05) is 38.3 Å². The number of primary sulfonamides is 1. The van der Waals surface area contributed by atoms with E-state index in [1.54, 1.807) is 24.3 Å². The second kappa shape index (κ2) is 8.21. The Morgan fingerprint density at radius 1 is 1.00 bits per heavy atom. The molecule has 1 fully saturated rings. The van der Waals surface area contributed by atoms with Crippen LogP contribution in [0.4, 0.5) is 0 Å². The summed E-state index contributed by atoms with van der Waals surface area (Å²) in [6.45, 7) is 5.96. The van der Waals surface area contributed by atoms with Crippen LogP contribution < -0.4 is 5.14 Å². The highest BCUT2D eigenvalue weighted by Crippen LogP contribution is 2.14. The highest BCUT2D eigenvalue weighted by Gasteiger charge is 2.22. The van der Waals surface area contributed by atoms with E-state index in [-0.39, 0.29) is 10.8 Å². The Bertz CT molecular complexity index is 902. The number of amides is 1. The summed E-state index contributed by atoms with van der Waals surface area (Å²) in [5, 5.41) is 5.12. The maximum atomic E-state index is 12.7. The molecule has 0 spiro atoms. The second-order valence-electron chi connectivity index (χ2n) is 6.89. The lowest BCUT2D eigenvalue weighted by molar-refractivity contribution is 0.0638. The Hall–Kier alpha value is -2.22. The predicted molar refractivity (Wildman–Crippen MR) is 105 cm³/mol. The van der Waals surface area contributed by atoms with Gasteiger partial charge in [-0.1, -0.05) is 30.3 Å². The van der Waals surface area contributed by atoms with Crippen molar-refractivity contribution in [2.24, 2.45) is 5.14 Å². The quantitative estimate of drug-likeness (QED) is 0.845. The van der Waals surface area contributed by atoms with Crippen molar-refractivity contribution in [1.29, 1.82) is 0 Å². The molecule has 2 aromatic rings. The van der Waals surface area contributed by atoms with Crippen LogP contribution in [0.15, 0.2) is 53.4 Å². The third-order valence-corrected chi connectivity index (χ3v) is 5.93. The minimum Gasteiger partial charge on any atom is -0.336 e. The third kappa shape index (κ3) is 4.94. The molecule has 7 heteroatoms. The molecule has 27 heavy (non-hydrogen) atoms. The molecular formula is C20H25N3O3S. The molecule has 1 amide bonds. The van der Waals surface area contributed by atoms with Gasteiger partial charge >= 0.3 is 0 Å². The number of piperazine rings is 1. The first kappa shape index (κ1) is 19.5. The molecule has 0 unspecified atom stereocenters. The predicted octanol–water partition coefficient (Wildman–Crippen LogP) is 1.64. The highest BCUT2D eigenvalue weighted by molar-refractivity contribution is 7.89. The standard InChI is InChI=1S/C20H25N3O3S/c1-16-4-2-3-5-19(16)20(24)23-14-12-22(13-15-23)11-10-17-6-8-18(9-7-17)27(21,25)26/h2-9H,10-15H2,1H3,(H2,21,25,26). The minimum atomic E-state index is -3.64. The van der Waals surface area contributed by atoms with E-state index in [4.69, 9.17) is 5.14 Å². The number of rotatable bonds is 5. The number of sulfonamides is 1. The number of nitrogens with zero attached hydrogens (tertiary/aromatic N) is 2. The molecule has 0 atom stereocenters. The fourth-order valence-corrected chi connectivity index (χ4v) is 3.81. The van der Waals surface area contributed by atoms with E-state index in [0.717, 1.165) is 55.8 Å². The lowest BCUT2D eigenvalue weighted by atomic mass is 10.1. The first-order valence-corrected chi connectivity index (χ1v) is 10.6. The van der Waals surface area contributed by atoms with Gasteiger partial charge in [0.25, 0.3) is 5.91 Å². The van der Waals surface area contributed by atoms with Crippen LogP contribution in [0.5, 0.6) is 0 Å². The highest BCUT2D eigenvalue weighted by atomic mass is 32.2. The zero-order valence-electron chi connectivity index (χ0n) is 15.5. The normalized spacial score (nSPS) is 15.7. The number of benzene rings is 2. The van der Waals surface area contributed by atoms with Gasteiger partial charge in [0.2, 0.25) is 10.0 Å². The van der Waals surface area contributed by atoms with Gasteiger partial charge in [-0.05, 0) is 42.7 Å². The molecule has 1 aliphatic rings. The Labute approximate surface area is 160 Å². The van der Waals surface area contributed by atoms with Crippen molar-refractivity contribution in [1.82, 2.24) is 9.80 Å². The zero-order valence-corrected chi connectivity index (χ0v) is 16.3. The van der Waals surface area contributed by atoms with Gasteiger partial charge in [-0.3, -0.25) is 9.69 Å². The molecule has 1 aliphatic heterocycles. The molecule has 0 radical (unpaired) electrons. The summed E-state index contributed by atoms with van der Waals surface area (Å²) in [6.07, 6.45) is 0.830. The zero-order chi connectivity index (χ0) is 19.4. The summed E-state index contributed by atoms with van der Waals surface area (Å²) in [5.74, 6) is 0.103. The first-order chi connectivity index (χ1) is 12.8. The molecule has 0 bridgehead atoms. The van der Waals surface area contributed by atoms with E-state index in [1.807, 2.05) is 36.1 Å². The van der Waals surface area contributed by atoms with Gasteiger partial charge in [-0.25, -0.2) is 13.6 Å². The van der Waals surface area contributed by atoms with Gasteiger partial charge in [-0.15, -0.1) is 0 Å². The van der Waals surface area contributed by atoms with Gasteiger partial charge in [-0.2, -0.15) is 0 Å². The fourth-order valence-electron chi connectivity index (χ4n) is 3.29. The maximum absolute atomic E-state index is 12.7. The topological polar surface area (TPSA) is 83.7 Å². The largest absolute Gasteiger partial charge is 0.336 e. The molecule has 144 valence electrons. The second-order valence-corrected chi connectivity index (χ2v) is 8.45. The van der Waals surface area contributed by atoms with Crippen LogP contribution in [0, 0.1) is 6.92 Å². The Balaban J connectivity index is 1.50. The van der Waals surface area contributed by atoms with Crippen molar-refractivity contribution in [2.75, 3.05) is 32.7 Å². The van der Waals surface area contributed by atoms with Crippen LogP contribution in [0.25, 0.3) is 0 Å². The Kier molecular flexibility index (Phi) is 5.94. The molecule has 3 rings (SSSR count). The number of hydrogen-bond donors (Lipinski definition) is 1. The van der Waals surface area contributed by atoms with E-state index >= 15 is 0 Å². The molecule has 0 saturated carbocycles. The number of aryl methyl sites for hydroxylation is 1. The molecule has 0 aliphatic carbocycles. The van der Waals surface area contributed by atoms with Gasteiger partial charge in [0.1, 0.15) is 0 Å². The molecule has 1 saturated heterocycles. The van der Waals surface area contributed by atoms with Crippen LogP contribution >= 0.6 is 0 Å². The van der Waals surface area contributed by atoms with E-state index < -0.39 is 10.0 Å². The lowest BCUT2D eigenvalue weighted by Gasteiger charge is -2.35. The Morgan fingerprint density at radius 2 is 1.63 bits per heavy atom. The summed E-state index contributed by atoms with van der Waals surface area (Å²) in [7, 11) is -3.64. The van der Waals surface area contributed by atoms with Crippen LogP contribution in [0.1, 0.15) is 21.5 Å². The van der Waals surface area contributed by atoms with Gasteiger partial charge in [0.05, 0.1) is 4.90 Å². The van der Waals surface area contributed by atoms with Gasteiger partial charge < -0.3 is 4.90 Å². The van der Waals surface area contributed by atoms with E-state index in [1.165, 1.54) is 0 Å². The summed E-state index contributed by atoms with van der Waals surface area (Å²) >= 11 is 0. The summed E-state index contributed by atoms with van der Waals surface area (Å²) in [4.78, 5) is 17.0. The van der Waals surface area contributed by atoms with Crippen molar-refractivity contribution in [3.8, 4) is 0 Å². The maximum Gasteiger partial charge on any atom is 0.254 e. The monoisotopic (exact) mass is 387 g/mol. The minimum absolute atomic E-state index is 0.103. The van der Waals surface area contributed by atoms with Crippen molar-refractivity contribution >= 4 is 15.9 Å². The molecule has 6 nitrogen and oxygen atoms in total. The Morgan fingerprint density at radius 3 is 2.22 bits per heavy atom. The first-order valence-electron chi connectivity index (χ1n) is 9.03. The van der Waals surface area contributed by atoms with E-state index in [2.05, 4.69) is 4.90 Å². The smallest absolute Gasteiger partial charge is 0.254 e. The van der Waals surface area contributed by atoms with Crippen molar-refractivity contribution < 1.29 is 13.2 Å². The molecule has 2 N–H and O–H groups in total. The average Bonchev–Trinajstić information content (AvgIpc) is 2.66. The van der Waals surface area contributed by atoms with Gasteiger partial charge in [0.15, 0.2) is 0 Å². The fraction of sp³-hybridized carbons (Fsp3) is 0.350.